The van der Waals surface area contributed by atoms with Crippen LogP contribution in [0.15, 0.2) is 67.0 Å². The van der Waals surface area contributed by atoms with E-state index in [4.69, 9.17) is 14.2 Å². The van der Waals surface area contributed by atoms with Gasteiger partial charge in [-0.3, -0.25) is 9.58 Å². The number of aromatic nitrogens is 2. The molecule has 0 aliphatic carbocycles. The Balaban J connectivity index is 1.29. The SMILES string of the molecule is COc1cc(CN2CCCC(O)(COc3ccccc3)C2)ccc1OCCCn1cccn1. The van der Waals surface area contributed by atoms with Crippen LogP contribution in [0, 0.1) is 0 Å². The van der Waals surface area contributed by atoms with Gasteiger partial charge in [-0.25, -0.2) is 0 Å². The van der Waals surface area contributed by atoms with E-state index in [0.29, 0.717) is 19.8 Å². The molecule has 0 radical (unpaired) electrons. The van der Waals surface area contributed by atoms with E-state index >= 15 is 0 Å². The maximum absolute atomic E-state index is 11.1. The zero-order valence-corrected chi connectivity index (χ0v) is 19.2. The van der Waals surface area contributed by atoms with E-state index in [1.807, 2.05) is 59.4 Å². The summed E-state index contributed by atoms with van der Waals surface area (Å²) in [6.07, 6.45) is 6.27. The normalized spacial score (nSPS) is 18.7. The Bertz CT molecular complexity index is 980. The molecule has 1 fully saturated rings. The molecule has 1 atom stereocenters. The lowest BCUT2D eigenvalue weighted by Crippen LogP contribution is -2.51. The predicted octanol–water partition coefficient (Wildman–Crippen LogP) is 3.77. The topological polar surface area (TPSA) is 69.0 Å². The van der Waals surface area contributed by atoms with E-state index in [0.717, 1.165) is 61.7 Å². The van der Waals surface area contributed by atoms with E-state index in [-0.39, 0.29) is 0 Å². The number of nitrogens with zero attached hydrogens (tertiary/aromatic N) is 3. The number of hydrogen-bond acceptors (Lipinski definition) is 6. The fourth-order valence-corrected chi connectivity index (χ4v) is 4.22. The molecule has 0 bridgehead atoms. The molecule has 0 amide bonds. The van der Waals surface area contributed by atoms with Crippen molar-refractivity contribution >= 4 is 0 Å². The first-order chi connectivity index (χ1) is 16.1. The molecule has 1 aliphatic rings. The second kappa shape index (κ2) is 11.2. The first-order valence-corrected chi connectivity index (χ1v) is 11.5. The largest absolute Gasteiger partial charge is 0.493 e. The number of hydrogen-bond donors (Lipinski definition) is 1. The third-order valence-electron chi connectivity index (χ3n) is 5.87. The quantitative estimate of drug-likeness (QED) is 0.448. The number of rotatable bonds is 11. The summed E-state index contributed by atoms with van der Waals surface area (Å²) in [5.41, 5.74) is 0.277. The summed E-state index contributed by atoms with van der Waals surface area (Å²) >= 11 is 0. The molecule has 3 aromatic rings. The van der Waals surface area contributed by atoms with Crippen molar-refractivity contribution in [3.63, 3.8) is 0 Å². The van der Waals surface area contributed by atoms with Crippen molar-refractivity contribution in [1.29, 1.82) is 0 Å². The lowest BCUT2D eigenvalue weighted by atomic mass is 9.93. The van der Waals surface area contributed by atoms with Gasteiger partial charge in [-0.1, -0.05) is 24.3 Å². The summed E-state index contributed by atoms with van der Waals surface area (Å²) < 4.78 is 19.3. The van der Waals surface area contributed by atoms with E-state index < -0.39 is 5.60 Å². The summed E-state index contributed by atoms with van der Waals surface area (Å²) in [5, 5.41) is 15.3. The second-order valence-electron chi connectivity index (χ2n) is 8.60. The van der Waals surface area contributed by atoms with Crippen LogP contribution in [0.2, 0.25) is 0 Å². The third kappa shape index (κ3) is 6.73. The smallest absolute Gasteiger partial charge is 0.161 e. The molecular weight excluding hydrogens is 418 g/mol. The average molecular weight is 452 g/mol. The van der Waals surface area contributed by atoms with Gasteiger partial charge in [0, 0.05) is 38.4 Å². The Labute approximate surface area is 195 Å². The van der Waals surface area contributed by atoms with Crippen molar-refractivity contribution in [1.82, 2.24) is 14.7 Å². The minimum atomic E-state index is -0.851. The number of aliphatic hydroxyl groups is 1. The Morgan fingerprint density at radius 2 is 1.94 bits per heavy atom. The molecule has 2 aromatic carbocycles. The van der Waals surface area contributed by atoms with Gasteiger partial charge in [-0.05, 0) is 55.3 Å². The van der Waals surface area contributed by atoms with Crippen molar-refractivity contribution in [3.05, 3.63) is 72.6 Å². The first kappa shape index (κ1) is 23.1. The molecule has 1 N–H and O–H groups in total. The zero-order valence-electron chi connectivity index (χ0n) is 19.2. The van der Waals surface area contributed by atoms with Gasteiger partial charge < -0.3 is 19.3 Å². The maximum atomic E-state index is 11.1. The first-order valence-electron chi connectivity index (χ1n) is 11.5. The second-order valence-corrected chi connectivity index (χ2v) is 8.60. The van der Waals surface area contributed by atoms with E-state index in [1.54, 1.807) is 13.3 Å². The van der Waals surface area contributed by atoms with Gasteiger partial charge in [-0.15, -0.1) is 0 Å². The van der Waals surface area contributed by atoms with Gasteiger partial charge in [0.1, 0.15) is 18.0 Å². The lowest BCUT2D eigenvalue weighted by Gasteiger charge is -2.39. The number of aryl methyl sites for hydroxylation is 1. The van der Waals surface area contributed by atoms with E-state index in [2.05, 4.69) is 16.1 Å². The Morgan fingerprint density at radius 1 is 1.06 bits per heavy atom. The third-order valence-corrected chi connectivity index (χ3v) is 5.87. The molecule has 7 nitrogen and oxygen atoms in total. The molecule has 0 spiro atoms. The van der Waals surface area contributed by atoms with Crippen molar-refractivity contribution in [2.75, 3.05) is 33.4 Å². The highest BCUT2D eigenvalue weighted by Gasteiger charge is 2.34. The van der Waals surface area contributed by atoms with Crippen LogP contribution in [0.1, 0.15) is 24.8 Å². The minimum Gasteiger partial charge on any atom is -0.493 e. The van der Waals surface area contributed by atoms with Crippen LogP contribution in [0.5, 0.6) is 17.2 Å². The van der Waals surface area contributed by atoms with Gasteiger partial charge in [0.15, 0.2) is 11.5 Å². The fraction of sp³-hybridized carbons (Fsp3) is 0.423. The molecule has 7 heteroatoms. The molecule has 1 aliphatic heterocycles. The van der Waals surface area contributed by atoms with Crippen LogP contribution in [0.4, 0.5) is 0 Å². The molecule has 4 rings (SSSR count). The van der Waals surface area contributed by atoms with Crippen LogP contribution in [0.25, 0.3) is 0 Å². The highest BCUT2D eigenvalue weighted by molar-refractivity contribution is 5.43. The van der Waals surface area contributed by atoms with Gasteiger partial charge in [0.25, 0.3) is 0 Å². The standard InChI is InChI=1S/C26H33N3O4/c1-31-25-18-22(10-11-24(25)32-17-7-16-29-15-6-13-27-29)19-28-14-5-12-26(30,20-28)21-33-23-8-3-2-4-9-23/h2-4,6,8-11,13,15,18,30H,5,7,12,14,16-17,19-21H2,1H3. The van der Waals surface area contributed by atoms with Crippen LogP contribution >= 0.6 is 0 Å². The van der Waals surface area contributed by atoms with Crippen molar-refractivity contribution < 1.29 is 19.3 Å². The molecule has 33 heavy (non-hydrogen) atoms. The number of β-amino-alcohol motifs (C(OH)–C–C–N with tert-alkyl or cyclic N) is 1. The minimum absolute atomic E-state index is 0.294. The number of para-hydroxylation sites is 1. The number of ether oxygens (including phenoxy) is 3. The number of likely N-dealkylation sites (tertiary alicyclic amines) is 1. The predicted molar refractivity (Wildman–Crippen MR) is 127 cm³/mol. The van der Waals surface area contributed by atoms with Crippen LogP contribution in [-0.2, 0) is 13.1 Å². The monoisotopic (exact) mass is 451 g/mol. The Kier molecular flexibility index (Phi) is 7.86. The maximum Gasteiger partial charge on any atom is 0.161 e. The number of methoxy groups -OCH3 is 1. The number of benzene rings is 2. The zero-order chi connectivity index (χ0) is 22.9. The molecular formula is C26H33N3O4. The Morgan fingerprint density at radius 3 is 2.73 bits per heavy atom. The van der Waals surface area contributed by atoms with Crippen LogP contribution in [-0.4, -0.2) is 58.8 Å². The van der Waals surface area contributed by atoms with Gasteiger partial charge in [-0.2, -0.15) is 5.10 Å². The molecule has 2 heterocycles. The van der Waals surface area contributed by atoms with Crippen molar-refractivity contribution in [2.24, 2.45) is 0 Å². The lowest BCUT2D eigenvalue weighted by molar-refractivity contribution is -0.0621. The summed E-state index contributed by atoms with van der Waals surface area (Å²) in [6, 6.07) is 17.6. The summed E-state index contributed by atoms with van der Waals surface area (Å²) in [6.45, 7) is 3.97. The Hall–Kier alpha value is -3.03. The fourth-order valence-electron chi connectivity index (χ4n) is 4.22. The average Bonchev–Trinajstić information content (AvgIpc) is 3.36. The summed E-state index contributed by atoms with van der Waals surface area (Å²) in [4.78, 5) is 2.28. The number of piperidine rings is 1. The summed E-state index contributed by atoms with van der Waals surface area (Å²) in [5.74, 6) is 2.26. The highest BCUT2D eigenvalue weighted by Crippen LogP contribution is 2.30. The van der Waals surface area contributed by atoms with Crippen molar-refractivity contribution in [2.45, 2.75) is 38.0 Å². The van der Waals surface area contributed by atoms with Gasteiger partial charge >= 0.3 is 0 Å². The molecule has 0 saturated carbocycles. The molecule has 1 saturated heterocycles. The molecule has 1 aromatic heterocycles. The summed E-state index contributed by atoms with van der Waals surface area (Å²) in [7, 11) is 1.66. The van der Waals surface area contributed by atoms with Gasteiger partial charge in [0.05, 0.1) is 13.7 Å². The van der Waals surface area contributed by atoms with Crippen LogP contribution in [0.3, 0.4) is 0 Å². The van der Waals surface area contributed by atoms with Crippen molar-refractivity contribution in [3.8, 4) is 17.2 Å². The molecule has 176 valence electrons. The van der Waals surface area contributed by atoms with E-state index in [1.165, 1.54) is 0 Å². The highest BCUT2D eigenvalue weighted by atomic mass is 16.5. The molecule has 1 unspecified atom stereocenters. The van der Waals surface area contributed by atoms with E-state index in [9.17, 15) is 5.11 Å². The van der Waals surface area contributed by atoms with Gasteiger partial charge in [0.2, 0.25) is 0 Å². The van der Waals surface area contributed by atoms with Crippen LogP contribution < -0.4 is 14.2 Å².